The SMILES string of the molecule is Cc1cc(C)c(N2CCN(c3c(C)cc(C)cc3C)C2=C2C(Cl)CCCC2(Cl)P(=C=CC(C)(C)C)(C2CCCCC2)C2CCCCC2)c(C)c1. The van der Waals surface area contributed by atoms with E-state index in [1.165, 1.54) is 120 Å². The molecule has 4 fully saturated rings. The van der Waals surface area contributed by atoms with Gasteiger partial charge in [0.15, 0.2) is 0 Å². The summed E-state index contributed by atoms with van der Waals surface area (Å²) >= 11 is 16.8. The molecule has 274 valence electrons. The first-order chi connectivity index (χ1) is 23.7. The third-order valence-electron chi connectivity index (χ3n) is 12.4. The minimum atomic E-state index is -2.11. The highest BCUT2D eigenvalue weighted by molar-refractivity contribution is 7.79. The molecule has 0 amide bonds. The van der Waals surface area contributed by atoms with E-state index in [0.29, 0.717) is 11.3 Å². The number of rotatable bonds is 5. The van der Waals surface area contributed by atoms with E-state index in [-0.39, 0.29) is 10.8 Å². The molecule has 2 atom stereocenters. The molecule has 2 aromatic rings. The van der Waals surface area contributed by atoms with Crippen molar-refractivity contribution in [2.45, 2.75) is 167 Å². The lowest BCUT2D eigenvalue weighted by Gasteiger charge is -2.55. The second kappa shape index (κ2) is 15.1. The van der Waals surface area contributed by atoms with Crippen LogP contribution in [0.25, 0.3) is 0 Å². The van der Waals surface area contributed by atoms with Crippen LogP contribution in [0.3, 0.4) is 0 Å². The van der Waals surface area contributed by atoms with Crippen molar-refractivity contribution >= 4 is 46.9 Å². The quantitative estimate of drug-likeness (QED) is 0.223. The van der Waals surface area contributed by atoms with Gasteiger partial charge in [-0.25, -0.2) is 0 Å². The lowest BCUT2D eigenvalue weighted by atomic mass is 9.91. The number of benzene rings is 2. The Balaban J connectivity index is 1.75. The van der Waals surface area contributed by atoms with Gasteiger partial charge < -0.3 is 9.80 Å². The van der Waals surface area contributed by atoms with Crippen LogP contribution in [-0.4, -0.2) is 39.9 Å². The Labute approximate surface area is 316 Å². The fraction of sp³-hybridized carbons (Fsp3) is 0.644. The van der Waals surface area contributed by atoms with Crippen LogP contribution in [0.15, 0.2) is 41.7 Å². The van der Waals surface area contributed by atoms with E-state index in [2.05, 4.69) is 108 Å². The number of aryl methyl sites for hydroxylation is 6. The molecule has 0 N–H and O–H groups in total. The number of alkyl halides is 2. The molecule has 0 radical (unpaired) electrons. The Bertz CT molecular complexity index is 1560. The lowest BCUT2D eigenvalue weighted by molar-refractivity contribution is 0.469. The summed E-state index contributed by atoms with van der Waals surface area (Å²) in [7, 11) is 0. The number of hydrogen-bond acceptors (Lipinski definition) is 2. The minimum Gasteiger partial charge on any atom is -0.325 e. The van der Waals surface area contributed by atoms with Gasteiger partial charge in [-0.1, -0.05) is 94.7 Å². The predicted molar refractivity (Wildman–Crippen MR) is 225 cm³/mol. The molecule has 0 bridgehead atoms. The van der Waals surface area contributed by atoms with Crippen molar-refractivity contribution in [2.24, 2.45) is 5.41 Å². The van der Waals surface area contributed by atoms with Gasteiger partial charge in [0.25, 0.3) is 0 Å². The van der Waals surface area contributed by atoms with Crippen LogP contribution in [0.4, 0.5) is 11.4 Å². The van der Waals surface area contributed by atoms with Crippen molar-refractivity contribution in [3.05, 3.63) is 75.1 Å². The molecule has 0 aromatic heterocycles. The van der Waals surface area contributed by atoms with Gasteiger partial charge >= 0.3 is 0 Å². The molecule has 2 unspecified atom stereocenters. The Morgan fingerprint density at radius 3 is 1.50 bits per heavy atom. The van der Waals surface area contributed by atoms with Gasteiger partial charge in [-0.3, -0.25) is 0 Å². The van der Waals surface area contributed by atoms with Crippen LogP contribution < -0.4 is 9.80 Å². The molecule has 2 nitrogen and oxygen atoms in total. The Kier molecular flexibility index (Phi) is 11.5. The molecule has 5 heteroatoms. The molecule has 4 aliphatic rings. The van der Waals surface area contributed by atoms with Crippen molar-refractivity contribution in [3.8, 4) is 0 Å². The van der Waals surface area contributed by atoms with Crippen molar-refractivity contribution in [1.29, 1.82) is 0 Å². The maximum Gasteiger partial charge on any atom is 0.116 e. The van der Waals surface area contributed by atoms with Crippen LogP contribution in [0, 0.1) is 47.0 Å². The van der Waals surface area contributed by atoms with Gasteiger partial charge in [0.2, 0.25) is 0 Å². The van der Waals surface area contributed by atoms with E-state index < -0.39 is 11.5 Å². The molecular weight excluding hydrogens is 670 g/mol. The number of halogens is 2. The van der Waals surface area contributed by atoms with E-state index >= 15 is 0 Å². The fourth-order valence-corrected chi connectivity index (χ4v) is 19.1. The summed E-state index contributed by atoms with van der Waals surface area (Å²) in [6.07, 6.45) is 18.7. The third-order valence-corrected chi connectivity index (χ3v) is 19.6. The van der Waals surface area contributed by atoms with E-state index in [9.17, 15) is 0 Å². The topological polar surface area (TPSA) is 6.48 Å². The van der Waals surface area contributed by atoms with Gasteiger partial charge in [0.05, 0.1) is 9.99 Å². The van der Waals surface area contributed by atoms with Crippen molar-refractivity contribution < 1.29 is 0 Å². The second-order valence-electron chi connectivity index (χ2n) is 17.7. The maximum atomic E-state index is 8.92. The van der Waals surface area contributed by atoms with Gasteiger partial charge in [0, 0.05) is 30.0 Å². The molecule has 6 rings (SSSR count). The highest BCUT2D eigenvalue weighted by Crippen LogP contribution is 2.77. The van der Waals surface area contributed by atoms with Crippen molar-refractivity contribution in [2.75, 3.05) is 22.9 Å². The summed E-state index contributed by atoms with van der Waals surface area (Å²) in [5.74, 6) is 1.29. The van der Waals surface area contributed by atoms with E-state index in [1.54, 1.807) is 0 Å². The van der Waals surface area contributed by atoms with E-state index in [4.69, 9.17) is 23.2 Å². The van der Waals surface area contributed by atoms with Gasteiger partial charge in [-0.2, -0.15) is 0 Å². The van der Waals surface area contributed by atoms with Crippen LogP contribution >= 0.6 is 30.1 Å². The predicted octanol–water partition coefficient (Wildman–Crippen LogP) is 13.5. The van der Waals surface area contributed by atoms with Crippen LogP contribution in [0.1, 0.15) is 138 Å². The van der Waals surface area contributed by atoms with Gasteiger partial charge in [-0.15, -0.1) is 28.7 Å². The number of hydrogen-bond donors (Lipinski definition) is 0. The largest absolute Gasteiger partial charge is 0.325 e. The summed E-state index contributed by atoms with van der Waals surface area (Å²) in [5.41, 5.74) is 17.8. The molecule has 0 spiro atoms. The molecule has 2 aromatic carbocycles. The summed E-state index contributed by atoms with van der Waals surface area (Å²) in [4.78, 5) is 5.33. The summed E-state index contributed by atoms with van der Waals surface area (Å²) < 4.78 is -0.529. The monoisotopic (exact) mass is 734 g/mol. The molecule has 1 heterocycles. The average Bonchev–Trinajstić information content (AvgIpc) is 3.44. The average molecular weight is 736 g/mol. The number of anilines is 2. The van der Waals surface area contributed by atoms with E-state index in [0.717, 1.165) is 32.4 Å². The normalized spacial score (nSPS) is 24.6. The zero-order valence-corrected chi connectivity index (χ0v) is 35.2. The molecule has 1 saturated heterocycles. The maximum absolute atomic E-state index is 8.92. The summed E-state index contributed by atoms with van der Waals surface area (Å²) in [6, 6.07) is 9.46. The lowest BCUT2D eigenvalue weighted by Crippen LogP contribution is -2.45. The molecule has 3 saturated carbocycles. The van der Waals surface area contributed by atoms with Crippen LogP contribution in [0.5, 0.6) is 0 Å². The smallest absolute Gasteiger partial charge is 0.116 e. The van der Waals surface area contributed by atoms with Gasteiger partial charge in [0.1, 0.15) is 5.82 Å². The molecule has 3 aliphatic carbocycles. The Morgan fingerprint density at radius 2 is 1.10 bits per heavy atom. The van der Waals surface area contributed by atoms with Gasteiger partial charge in [-0.05, 0) is 138 Å². The van der Waals surface area contributed by atoms with Crippen molar-refractivity contribution in [3.63, 3.8) is 0 Å². The molecule has 50 heavy (non-hydrogen) atoms. The Morgan fingerprint density at radius 1 is 0.680 bits per heavy atom. The van der Waals surface area contributed by atoms with Crippen molar-refractivity contribution in [1.82, 2.24) is 0 Å². The second-order valence-corrected chi connectivity index (χ2v) is 23.1. The first kappa shape index (κ1) is 38.2. The fourth-order valence-electron chi connectivity index (χ4n) is 10.7. The minimum absolute atomic E-state index is 0.0435. The highest BCUT2D eigenvalue weighted by atomic mass is 35.5. The summed E-state index contributed by atoms with van der Waals surface area (Å²) in [6.45, 7) is 20.5. The Hall–Kier alpha value is -1.56. The van der Waals surface area contributed by atoms with Crippen LogP contribution in [-0.2, 0) is 0 Å². The van der Waals surface area contributed by atoms with Crippen LogP contribution in [0.2, 0.25) is 0 Å². The number of nitrogens with zero attached hydrogens (tertiary/aromatic N) is 2. The molecular formula is C45H65Cl2N2P. The number of allylic oxidation sites excluding steroid dienone is 2. The zero-order chi connectivity index (χ0) is 36.0. The highest BCUT2D eigenvalue weighted by Gasteiger charge is 2.57. The zero-order valence-electron chi connectivity index (χ0n) is 32.8. The first-order valence-corrected chi connectivity index (χ1v) is 22.7. The third kappa shape index (κ3) is 7.07. The molecule has 1 aliphatic heterocycles. The standard InChI is InChI=1S/C45H65Cl2N2P/c1-31-27-33(3)41(34(4)28-31)48-24-25-49(42-35(5)29-32(2)30-36(42)6)43(48)40-39(46)21-16-22-45(40,47)50(26-23-44(7,8)9,37-17-12-10-13-18-37)38-19-14-11-15-20-38/h23,27-30,37-39H,10-22,24-25H2,1-9H3. The van der Waals surface area contributed by atoms with E-state index in [1.807, 2.05) is 0 Å². The first-order valence-electron chi connectivity index (χ1n) is 20.0. The summed E-state index contributed by atoms with van der Waals surface area (Å²) in [5, 5.41) is -0.112.